The molecule has 0 N–H and O–H groups in total. The molecule has 0 aliphatic heterocycles. The van der Waals surface area contributed by atoms with Crippen LogP contribution in [0.5, 0.6) is 0 Å². The van der Waals surface area contributed by atoms with Gasteiger partial charge in [-0.05, 0) is 93.0 Å². The summed E-state index contributed by atoms with van der Waals surface area (Å²) in [5, 5.41) is 2.49. The normalized spacial score (nSPS) is 11.2. The maximum atomic E-state index is 2.42. The number of hydrogen-bond donors (Lipinski definition) is 0. The van der Waals surface area contributed by atoms with Gasteiger partial charge in [0.2, 0.25) is 0 Å². The van der Waals surface area contributed by atoms with Gasteiger partial charge >= 0.3 is 0 Å². The van der Waals surface area contributed by atoms with Crippen molar-refractivity contribution in [1.29, 1.82) is 0 Å². The van der Waals surface area contributed by atoms with Crippen LogP contribution < -0.4 is 4.90 Å². The Bertz CT molecular complexity index is 3330. The van der Waals surface area contributed by atoms with Crippen molar-refractivity contribution in [2.75, 3.05) is 4.90 Å². The van der Waals surface area contributed by atoms with Crippen LogP contribution >= 0.6 is 0 Å². The number of rotatable bonds is 9. The molecule has 11 aromatic rings. The van der Waals surface area contributed by atoms with Gasteiger partial charge in [-0.25, -0.2) is 0 Å². The number of fused-ring (bicyclic) bond motifs is 3. The molecule has 1 heterocycles. The van der Waals surface area contributed by atoms with Crippen LogP contribution in [0.1, 0.15) is 0 Å². The summed E-state index contributed by atoms with van der Waals surface area (Å²) in [7, 11) is 0. The second-order valence-corrected chi connectivity index (χ2v) is 15.7. The highest BCUT2D eigenvalue weighted by Crippen LogP contribution is 2.46. The summed E-state index contributed by atoms with van der Waals surface area (Å²) in [6.07, 6.45) is 0. The van der Waals surface area contributed by atoms with E-state index in [1.807, 2.05) is 0 Å². The van der Waals surface area contributed by atoms with E-state index in [2.05, 4.69) is 264 Å². The van der Waals surface area contributed by atoms with Crippen LogP contribution in [0.2, 0.25) is 0 Å². The summed E-state index contributed by atoms with van der Waals surface area (Å²) in [4.78, 5) is 2.42. The van der Waals surface area contributed by atoms with E-state index < -0.39 is 0 Å². The second-order valence-electron chi connectivity index (χ2n) is 15.7. The molecule has 2 heteroatoms. The molecule has 0 saturated carbocycles. The van der Waals surface area contributed by atoms with Crippen LogP contribution in [0.3, 0.4) is 0 Å². The van der Waals surface area contributed by atoms with Crippen molar-refractivity contribution in [1.82, 2.24) is 4.57 Å². The van der Waals surface area contributed by atoms with E-state index in [-0.39, 0.29) is 0 Å². The highest BCUT2D eigenvalue weighted by atomic mass is 15.1. The zero-order valence-electron chi connectivity index (χ0n) is 34.1. The quantitative estimate of drug-likeness (QED) is 0.141. The molecule has 0 unspecified atom stereocenters. The average Bonchev–Trinajstić information content (AvgIpc) is 3.70. The van der Waals surface area contributed by atoms with Crippen LogP contribution in [-0.4, -0.2) is 4.57 Å². The van der Waals surface area contributed by atoms with Gasteiger partial charge in [-0.1, -0.05) is 206 Å². The molecule has 10 aromatic carbocycles. The summed E-state index contributed by atoms with van der Waals surface area (Å²) >= 11 is 0. The van der Waals surface area contributed by atoms with E-state index in [1.165, 1.54) is 66.3 Å². The maximum Gasteiger partial charge on any atom is 0.0619 e. The minimum Gasteiger partial charge on any atom is -0.310 e. The van der Waals surface area contributed by atoms with Crippen molar-refractivity contribution in [2.24, 2.45) is 0 Å². The van der Waals surface area contributed by atoms with Crippen LogP contribution in [0.15, 0.2) is 255 Å². The van der Waals surface area contributed by atoms with E-state index in [9.17, 15) is 0 Å². The Labute approximate surface area is 362 Å². The van der Waals surface area contributed by atoms with E-state index in [0.29, 0.717) is 0 Å². The minimum absolute atomic E-state index is 1.07. The molecule has 0 atom stereocenters. The zero-order chi connectivity index (χ0) is 41.2. The first kappa shape index (κ1) is 36.8. The zero-order valence-corrected chi connectivity index (χ0v) is 34.1. The van der Waals surface area contributed by atoms with Gasteiger partial charge < -0.3 is 9.47 Å². The molecular formula is C60H42N2. The van der Waals surface area contributed by atoms with Gasteiger partial charge in [0.15, 0.2) is 0 Å². The lowest BCUT2D eigenvalue weighted by Crippen LogP contribution is -2.11. The predicted octanol–water partition coefficient (Wildman–Crippen LogP) is 16.6. The molecule has 0 aliphatic rings. The number of benzene rings is 10. The van der Waals surface area contributed by atoms with Gasteiger partial charge in [0, 0.05) is 39.0 Å². The summed E-state index contributed by atoms with van der Waals surface area (Å²) in [6, 6.07) is 92.0. The van der Waals surface area contributed by atoms with Gasteiger partial charge in [0.05, 0.1) is 16.7 Å². The van der Waals surface area contributed by atoms with Crippen LogP contribution in [0, 0.1) is 0 Å². The summed E-state index contributed by atoms with van der Waals surface area (Å²) in [6.45, 7) is 0. The van der Waals surface area contributed by atoms with E-state index in [4.69, 9.17) is 0 Å². The summed E-state index contributed by atoms with van der Waals surface area (Å²) in [5.41, 5.74) is 18.6. The molecule has 0 spiro atoms. The Morgan fingerprint density at radius 1 is 0.274 bits per heavy atom. The second kappa shape index (κ2) is 16.1. The average molecular weight is 791 g/mol. The van der Waals surface area contributed by atoms with E-state index >= 15 is 0 Å². The SMILES string of the molecule is c1ccc(-c2cccc(N(c3ccc(-c4cccc5c6ccccc6n(-c6ccccc6)c45)cc3)c3ccccc3-c3ccccc3-c3ccccc3-c3ccccc3)c2)cc1. The summed E-state index contributed by atoms with van der Waals surface area (Å²) < 4.78 is 2.42. The Morgan fingerprint density at radius 2 is 0.758 bits per heavy atom. The first-order valence-corrected chi connectivity index (χ1v) is 21.3. The number of nitrogens with zero attached hydrogens (tertiary/aromatic N) is 2. The fourth-order valence-electron chi connectivity index (χ4n) is 9.21. The van der Waals surface area contributed by atoms with Crippen LogP contribution in [0.25, 0.3) is 83.1 Å². The molecule has 1 aromatic heterocycles. The molecule has 292 valence electrons. The molecular weight excluding hydrogens is 749 g/mol. The number of para-hydroxylation sites is 4. The summed E-state index contributed by atoms with van der Waals surface area (Å²) in [5.74, 6) is 0. The third kappa shape index (κ3) is 6.65. The first-order chi connectivity index (χ1) is 30.8. The molecule has 0 amide bonds. The Kier molecular flexibility index (Phi) is 9.57. The van der Waals surface area contributed by atoms with Gasteiger partial charge in [-0.3, -0.25) is 0 Å². The van der Waals surface area contributed by atoms with Crippen molar-refractivity contribution in [3.8, 4) is 61.3 Å². The van der Waals surface area contributed by atoms with Crippen LogP contribution in [-0.2, 0) is 0 Å². The highest BCUT2D eigenvalue weighted by Gasteiger charge is 2.22. The Balaban J connectivity index is 1.09. The van der Waals surface area contributed by atoms with Crippen LogP contribution in [0.4, 0.5) is 17.1 Å². The van der Waals surface area contributed by atoms with Gasteiger partial charge in [-0.15, -0.1) is 0 Å². The van der Waals surface area contributed by atoms with Gasteiger partial charge in [0.25, 0.3) is 0 Å². The molecule has 2 nitrogen and oxygen atoms in total. The predicted molar refractivity (Wildman–Crippen MR) is 263 cm³/mol. The van der Waals surface area contributed by atoms with E-state index in [1.54, 1.807) is 0 Å². The topological polar surface area (TPSA) is 8.17 Å². The standard InChI is InChI=1S/C60H42N2/c1-4-20-43(21-5-1)46-24-18-27-49(42-46)61(58-36-16-14-32-55(58)54-31-13-12-30-53(54)52-29-11-10-28-50(52)44-22-6-2-7-23-44)48-40-38-45(39-41-48)51-34-19-35-57-56-33-15-17-37-59(56)62(60(51)57)47-25-8-3-9-26-47/h1-42H. The lowest BCUT2D eigenvalue weighted by atomic mass is 9.88. The molecule has 0 radical (unpaired) electrons. The Hall–Kier alpha value is -8.20. The monoisotopic (exact) mass is 790 g/mol. The molecule has 0 bridgehead atoms. The Morgan fingerprint density at radius 3 is 1.48 bits per heavy atom. The fourth-order valence-corrected chi connectivity index (χ4v) is 9.21. The third-order valence-corrected chi connectivity index (χ3v) is 12.0. The fraction of sp³-hybridized carbons (Fsp3) is 0. The molecule has 0 fully saturated rings. The van der Waals surface area contributed by atoms with Gasteiger partial charge in [0.1, 0.15) is 0 Å². The third-order valence-electron chi connectivity index (χ3n) is 12.0. The van der Waals surface area contributed by atoms with E-state index in [0.717, 1.165) is 33.9 Å². The van der Waals surface area contributed by atoms with Crippen molar-refractivity contribution < 1.29 is 0 Å². The highest BCUT2D eigenvalue weighted by molar-refractivity contribution is 6.14. The van der Waals surface area contributed by atoms with Gasteiger partial charge in [-0.2, -0.15) is 0 Å². The lowest BCUT2D eigenvalue weighted by molar-refractivity contribution is 1.18. The number of aromatic nitrogens is 1. The van der Waals surface area contributed by atoms with Crippen molar-refractivity contribution in [3.63, 3.8) is 0 Å². The lowest BCUT2D eigenvalue weighted by Gasteiger charge is -2.29. The number of anilines is 3. The maximum absolute atomic E-state index is 2.42. The van der Waals surface area contributed by atoms with Crippen molar-refractivity contribution in [2.45, 2.75) is 0 Å². The minimum atomic E-state index is 1.07. The van der Waals surface area contributed by atoms with Crippen molar-refractivity contribution >= 4 is 38.9 Å². The number of hydrogen-bond acceptors (Lipinski definition) is 1. The smallest absolute Gasteiger partial charge is 0.0619 e. The first-order valence-electron chi connectivity index (χ1n) is 21.3. The van der Waals surface area contributed by atoms with Crippen molar-refractivity contribution in [3.05, 3.63) is 255 Å². The molecule has 0 saturated heterocycles. The molecule has 11 rings (SSSR count). The largest absolute Gasteiger partial charge is 0.310 e. The molecule has 0 aliphatic carbocycles. The molecule has 62 heavy (non-hydrogen) atoms.